The van der Waals surface area contributed by atoms with Crippen LogP contribution < -0.4 is 0 Å². The maximum absolute atomic E-state index is 12.3. The standard InChI is InChI=1S/C13H17ClN2O2/c1-9-6-7-16(8-11(9)18-2)13(17)10-4-3-5-12(14)15-10/h3-5,9,11H,6-8H2,1-2H3. The molecular formula is C13H17ClN2O2. The summed E-state index contributed by atoms with van der Waals surface area (Å²) in [6.45, 7) is 3.51. The lowest BCUT2D eigenvalue weighted by molar-refractivity contribution is -0.00177. The van der Waals surface area contributed by atoms with Gasteiger partial charge in [-0.15, -0.1) is 0 Å². The molecule has 1 fully saturated rings. The summed E-state index contributed by atoms with van der Waals surface area (Å²) in [5.74, 6) is 0.401. The molecule has 1 aliphatic rings. The van der Waals surface area contributed by atoms with E-state index in [1.54, 1.807) is 30.2 Å². The molecule has 1 aromatic heterocycles. The number of methoxy groups -OCH3 is 1. The maximum Gasteiger partial charge on any atom is 0.272 e. The smallest absolute Gasteiger partial charge is 0.272 e. The summed E-state index contributed by atoms with van der Waals surface area (Å²) in [5.41, 5.74) is 0.395. The first-order valence-electron chi connectivity index (χ1n) is 6.06. The number of hydrogen-bond acceptors (Lipinski definition) is 3. The van der Waals surface area contributed by atoms with Crippen LogP contribution in [0.1, 0.15) is 23.8 Å². The molecule has 0 saturated carbocycles. The molecule has 4 nitrogen and oxygen atoms in total. The summed E-state index contributed by atoms with van der Waals surface area (Å²) >= 11 is 5.80. The number of aromatic nitrogens is 1. The van der Waals surface area contributed by atoms with E-state index in [9.17, 15) is 4.79 Å². The van der Waals surface area contributed by atoms with Crippen LogP contribution in [0.4, 0.5) is 0 Å². The van der Waals surface area contributed by atoms with Crippen LogP contribution in [0.15, 0.2) is 18.2 Å². The highest BCUT2D eigenvalue weighted by atomic mass is 35.5. The van der Waals surface area contributed by atoms with E-state index >= 15 is 0 Å². The van der Waals surface area contributed by atoms with E-state index in [0.29, 0.717) is 23.3 Å². The van der Waals surface area contributed by atoms with Gasteiger partial charge >= 0.3 is 0 Å². The Kier molecular flexibility index (Phi) is 4.19. The normalized spacial score (nSPS) is 24.1. The number of nitrogens with zero attached hydrogens (tertiary/aromatic N) is 2. The van der Waals surface area contributed by atoms with Crippen molar-refractivity contribution < 1.29 is 9.53 Å². The molecule has 5 heteroatoms. The van der Waals surface area contributed by atoms with Gasteiger partial charge in [-0.05, 0) is 24.5 Å². The molecule has 2 unspecified atom stereocenters. The third-order valence-electron chi connectivity index (χ3n) is 3.41. The average Bonchev–Trinajstić information content (AvgIpc) is 2.38. The van der Waals surface area contributed by atoms with Gasteiger partial charge in [0.1, 0.15) is 10.8 Å². The van der Waals surface area contributed by atoms with E-state index < -0.39 is 0 Å². The lowest BCUT2D eigenvalue weighted by Gasteiger charge is -2.36. The number of carbonyl (C=O) groups is 1. The minimum atomic E-state index is -0.0774. The molecule has 2 heterocycles. The third-order valence-corrected chi connectivity index (χ3v) is 3.62. The molecule has 0 radical (unpaired) electrons. The lowest BCUT2D eigenvalue weighted by Crippen LogP contribution is -2.46. The number of pyridine rings is 1. The molecule has 1 amide bonds. The summed E-state index contributed by atoms with van der Waals surface area (Å²) in [7, 11) is 1.69. The fraction of sp³-hybridized carbons (Fsp3) is 0.538. The average molecular weight is 269 g/mol. The largest absolute Gasteiger partial charge is 0.379 e. The minimum absolute atomic E-state index is 0.0774. The van der Waals surface area contributed by atoms with Crippen molar-refractivity contribution in [1.82, 2.24) is 9.88 Å². The van der Waals surface area contributed by atoms with E-state index in [0.717, 1.165) is 13.0 Å². The van der Waals surface area contributed by atoms with Crippen LogP contribution in [0.3, 0.4) is 0 Å². The van der Waals surface area contributed by atoms with Gasteiger partial charge in [-0.1, -0.05) is 24.6 Å². The predicted molar refractivity (Wildman–Crippen MR) is 69.7 cm³/mol. The summed E-state index contributed by atoms with van der Waals surface area (Å²) in [6.07, 6.45) is 1.05. The van der Waals surface area contributed by atoms with Crippen molar-refractivity contribution in [1.29, 1.82) is 0 Å². The quantitative estimate of drug-likeness (QED) is 0.773. The van der Waals surface area contributed by atoms with Gasteiger partial charge in [0.25, 0.3) is 5.91 Å². The number of amides is 1. The van der Waals surface area contributed by atoms with E-state index in [-0.39, 0.29) is 12.0 Å². The summed E-state index contributed by atoms with van der Waals surface area (Å²) in [6, 6.07) is 5.09. The highest BCUT2D eigenvalue weighted by Gasteiger charge is 2.29. The van der Waals surface area contributed by atoms with Gasteiger partial charge < -0.3 is 9.64 Å². The van der Waals surface area contributed by atoms with E-state index in [1.807, 2.05) is 0 Å². The van der Waals surface area contributed by atoms with Crippen LogP contribution in [0, 0.1) is 5.92 Å². The Morgan fingerprint density at radius 3 is 3.00 bits per heavy atom. The molecule has 2 rings (SSSR count). The van der Waals surface area contributed by atoms with Crippen LogP contribution in [0.25, 0.3) is 0 Å². The molecule has 0 aromatic carbocycles. The highest BCUT2D eigenvalue weighted by Crippen LogP contribution is 2.21. The van der Waals surface area contributed by atoms with Crippen LogP contribution in [-0.2, 0) is 4.74 Å². The zero-order chi connectivity index (χ0) is 13.1. The number of carbonyl (C=O) groups excluding carboxylic acids is 1. The van der Waals surface area contributed by atoms with E-state index in [1.165, 1.54) is 0 Å². The third kappa shape index (κ3) is 2.82. The van der Waals surface area contributed by atoms with E-state index in [2.05, 4.69) is 11.9 Å². The Balaban J connectivity index is 2.10. The first kappa shape index (κ1) is 13.3. The molecule has 98 valence electrons. The fourth-order valence-corrected chi connectivity index (χ4v) is 2.38. The van der Waals surface area contributed by atoms with E-state index in [4.69, 9.17) is 16.3 Å². The monoisotopic (exact) mass is 268 g/mol. The van der Waals surface area contributed by atoms with Gasteiger partial charge in [-0.2, -0.15) is 0 Å². The summed E-state index contributed by atoms with van der Waals surface area (Å²) < 4.78 is 5.40. The molecule has 1 aliphatic heterocycles. The zero-order valence-corrected chi connectivity index (χ0v) is 11.4. The molecule has 2 atom stereocenters. The summed E-state index contributed by atoms with van der Waals surface area (Å²) in [4.78, 5) is 18.1. The van der Waals surface area contributed by atoms with Gasteiger partial charge in [0.15, 0.2) is 0 Å². The van der Waals surface area contributed by atoms with Crippen molar-refractivity contribution >= 4 is 17.5 Å². The molecule has 18 heavy (non-hydrogen) atoms. The number of hydrogen-bond donors (Lipinski definition) is 0. The van der Waals surface area contributed by atoms with Gasteiger partial charge in [0.05, 0.1) is 6.10 Å². The zero-order valence-electron chi connectivity index (χ0n) is 10.6. The first-order valence-corrected chi connectivity index (χ1v) is 6.44. The summed E-state index contributed by atoms with van der Waals surface area (Å²) in [5, 5.41) is 0.342. The van der Waals surface area contributed by atoms with Crippen molar-refractivity contribution in [2.45, 2.75) is 19.4 Å². The van der Waals surface area contributed by atoms with Crippen molar-refractivity contribution in [3.63, 3.8) is 0 Å². The van der Waals surface area contributed by atoms with Crippen LogP contribution >= 0.6 is 11.6 Å². The van der Waals surface area contributed by atoms with Gasteiger partial charge in [0, 0.05) is 20.2 Å². The first-order chi connectivity index (χ1) is 8.61. The van der Waals surface area contributed by atoms with Crippen molar-refractivity contribution in [2.75, 3.05) is 20.2 Å². The van der Waals surface area contributed by atoms with Crippen molar-refractivity contribution in [3.8, 4) is 0 Å². The molecule has 0 aliphatic carbocycles. The van der Waals surface area contributed by atoms with Crippen LogP contribution in [-0.4, -0.2) is 42.1 Å². The topological polar surface area (TPSA) is 42.4 Å². The SMILES string of the molecule is COC1CN(C(=O)c2cccc(Cl)n2)CCC1C. The minimum Gasteiger partial charge on any atom is -0.379 e. The number of halogens is 1. The molecule has 1 saturated heterocycles. The second-order valence-electron chi connectivity index (χ2n) is 4.64. The predicted octanol–water partition coefficient (Wildman–Crippen LogP) is 2.23. The molecule has 0 bridgehead atoms. The second kappa shape index (κ2) is 5.67. The van der Waals surface area contributed by atoms with Gasteiger partial charge in [0.2, 0.25) is 0 Å². The highest BCUT2D eigenvalue weighted by molar-refractivity contribution is 6.29. The fourth-order valence-electron chi connectivity index (χ4n) is 2.21. The molecule has 1 aromatic rings. The Labute approximate surface area is 112 Å². The second-order valence-corrected chi connectivity index (χ2v) is 5.02. The number of likely N-dealkylation sites (tertiary alicyclic amines) is 1. The Bertz CT molecular complexity index is 439. The Hall–Kier alpha value is -1.13. The lowest BCUT2D eigenvalue weighted by atomic mass is 9.95. The Morgan fingerprint density at radius 2 is 2.33 bits per heavy atom. The van der Waals surface area contributed by atoms with Crippen LogP contribution in [0.5, 0.6) is 0 Å². The molecule has 0 N–H and O–H groups in total. The molecular weight excluding hydrogens is 252 g/mol. The van der Waals surface area contributed by atoms with Crippen LogP contribution in [0.2, 0.25) is 5.15 Å². The van der Waals surface area contributed by atoms with Gasteiger partial charge in [-0.3, -0.25) is 4.79 Å². The Morgan fingerprint density at radius 1 is 1.56 bits per heavy atom. The van der Waals surface area contributed by atoms with Crippen molar-refractivity contribution in [3.05, 3.63) is 29.0 Å². The number of rotatable bonds is 2. The number of piperidine rings is 1. The maximum atomic E-state index is 12.3. The molecule has 0 spiro atoms. The van der Waals surface area contributed by atoms with Crippen molar-refractivity contribution in [2.24, 2.45) is 5.92 Å². The number of ether oxygens (including phenoxy) is 1. The van der Waals surface area contributed by atoms with Gasteiger partial charge in [-0.25, -0.2) is 4.98 Å².